The van der Waals surface area contributed by atoms with Gasteiger partial charge in [-0.25, -0.2) is 9.59 Å². The molecule has 1 aliphatic carbocycles. The summed E-state index contributed by atoms with van der Waals surface area (Å²) in [5, 5.41) is 3.16. The van der Waals surface area contributed by atoms with Crippen LogP contribution in [0, 0.1) is 0 Å². The van der Waals surface area contributed by atoms with Crippen LogP contribution in [0.1, 0.15) is 52.9 Å². The first kappa shape index (κ1) is 22.4. The maximum atomic E-state index is 12.9. The lowest BCUT2D eigenvalue weighted by molar-refractivity contribution is -0.140. The fraction of sp³-hybridized carbons (Fsp3) is 0.222. The summed E-state index contributed by atoms with van der Waals surface area (Å²) >= 11 is 0. The van der Waals surface area contributed by atoms with E-state index in [2.05, 4.69) is 17.4 Å². The number of nitrogens with two attached hydrogens (primary N) is 1. The Morgan fingerprint density at radius 2 is 1.64 bits per heavy atom. The molecular weight excluding hydrogens is 416 g/mol. The number of benzene rings is 3. The van der Waals surface area contributed by atoms with Crippen molar-refractivity contribution in [2.45, 2.75) is 38.3 Å². The van der Waals surface area contributed by atoms with Crippen LogP contribution in [0.5, 0.6) is 0 Å². The Labute approximate surface area is 192 Å². The monoisotopic (exact) mass is 442 g/mol. The van der Waals surface area contributed by atoms with Crippen molar-refractivity contribution in [1.82, 2.24) is 5.32 Å². The van der Waals surface area contributed by atoms with E-state index >= 15 is 0 Å². The number of hydrogen-bond donors (Lipinski definition) is 2. The zero-order chi connectivity index (χ0) is 23.4. The average Bonchev–Trinajstić information content (AvgIpc) is 3.19. The number of hydrogen-bond acceptors (Lipinski definition) is 5. The number of rotatable bonds is 8. The molecule has 0 bridgehead atoms. The number of carbonyl (C=O) groups is 3. The van der Waals surface area contributed by atoms with Gasteiger partial charge < -0.3 is 10.5 Å². The van der Waals surface area contributed by atoms with Crippen molar-refractivity contribution in [2.75, 3.05) is 0 Å². The van der Waals surface area contributed by atoms with Crippen LogP contribution in [-0.2, 0) is 20.7 Å². The van der Waals surface area contributed by atoms with Gasteiger partial charge in [-0.2, -0.15) is 0 Å². The van der Waals surface area contributed by atoms with Crippen molar-refractivity contribution in [3.8, 4) is 11.1 Å². The van der Waals surface area contributed by atoms with Crippen LogP contribution >= 0.6 is 0 Å². The molecule has 6 nitrogen and oxygen atoms in total. The molecule has 0 unspecified atom stereocenters. The average molecular weight is 443 g/mol. The van der Waals surface area contributed by atoms with E-state index in [1.807, 2.05) is 55.5 Å². The molecule has 0 aliphatic heterocycles. The van der Waals surface area contributed by atoms with Gasteiger partial charge in [0.05, 0.1) is 5.56 Å². The molecule has 1 aliphatic rings. The molecule has 2 atom stereocenters. The molecule has 4 rings (SSSR count). The number of esters is 2. The second kappa shape index (κ2) is 9.79. The van der Waals surface area contributed by atoms with Gasteiger partial charge in [0.25, 0.3) is 0 Å². The van der Waals surface area contributed by atoms with Gasteiger partial charge in [0.2, 0.25) is 5.91 Å². The molecule has 0 heterocycles. The van der Waals surface area contributed by atoms with Crippen LogP contribution in [0.2, 0.25) is 0 Å². The van der Waals surface area contributed by atoms with Crippen LogP contribution in [0.15, 0.2) is 72.8 Å². The predicted molar refractivity (Wildman–Crippen MR) is 125 cm³/mol. The van der Waals surface area contributed by atoms with Gasteiger partial charge >= 0.3 is 11.9 Å². The van der Waals surface area contributed by atoms with E-state index in [0.717, 1.165) is 28.7 Å². The van der Waals surface area contributed by atoms with Gasteiger partial charge in [-0.05, 0) is 59.7 Å². The van der Waals surface area contributed by atoms with Gasteiger partial charge in [-0.3, -0.25) is 10.1 Å². The van der Waals surface area contributed by atoms with Crippen LogP contribution in [-0.4, -0.2) is 23.9 Å². The minimum absolute atomic E-state index is 0.000426. The first-order chi connectivity index (χ1) is 15.9. The molecule has 3 N–H and O–H groups in total. The molecule has 6 heteroatoms. The fourth-order valence-corrected chi connectivity index (χ4v) is 4.19. The van der Waals surface area contributed by atoms with Gasteiger partial charge in [0.15, 0.2) is 0 Å². The van der Waals surface area contributed by atoms with E-state index in [9.17, 15) is 14.4 Å². The highest BCUT2D eigenvalue weighted by molar-refractivity contribution is 5.99. The summed E-state index contributed by atoms with van der Waals surface area (Å²) in [6.45, 7) is 1.90. The van der Waals surface area contributed by atoms with Gasteiger partial charge in [-0.1, -0.05) is 60.7 Å². The Morgan fingerprint density at radius 1 is 0.939 bits per heavy atom. The molecule has 0 radical (unpaired) electrons. The molecule has 3 aromatic rings. The van der Waals surface area contributed by atoms with Crippen LogP contribution < -0.4 is 11.1 Å². The highest BCUT2D eigenvalue weighted by Crippen LogP contribution is 2.36. The molecule has 33 heavy (non-hydrogen) atoms. The fourth-order valence-electron chi connectivity index (χ4n) is 4.19. The molecular formula is C27H26N2O4. The lowest BCUT2D eigenvalue weighted by Crippen LogP contribution is -2.41. The number of primary amides is 1. The normalized spacial score (nSPS) is 13.5. The quantitative estimate of drug-likeness (QED) is 0.318. The summed E-state index contributed by atoms with van der Waals surface area (Å²) in [6, 6.07) is 22.0. The van der Waals surface area contributed by atoms with Crippen molar-refractivity contribution >= 4 is 17.8 Å². The number of fused-ring (bicyclic) bond motifs is 3. The van der Waals surface area contributed by atoms with E-state index in [-0.39, 0.29) is 18.9 Å². The lowest BCUT2D eigenvalue weighted by atomic mass is 10.0. The van der Waals surface area contributed by atoms with Crippen molar-refractivity contribution in [1.29, 1.82) is 0 Å². The standard InChI is InChI=1S/C27H26N2O4/c1-17(18-7-3-2-4-8-18)29-24(13-14-25(28)30)27(32)33-26(31)20-11-12-23-21(16-20)15-19-9-5-6-10-22(19)23/h2-12,16-17,24,29H,13-15H2,1H3,(H2,28,30)/t17-,24-/m0/s1. The Kier molecular flexibility index (Phi) is 6.66. The number of carbonyl (C=O) groups excluding carboxylic acids is 3. The summed E-state index contributed by atoms with van der Waals surface area (Å²) in [5.41, 5.74) is 11.1. The minimum Gasteiger partial charge on any atom is -0.388 e. The molecule has 0 saturated heterocycles. The van der Waals surface area contributed by atoms with Crippen LogP contribution in [0.3, 0.4) is 0 Å². The van der Waals surface area contributed by atoms with Crippen molar-refractivity contribution < 1.29 is 19.1 Å². The Balaban J connectivity index is 1.46. The second-order valence-electron chi connectivity index (χ2n) is 8.27. The zero-order valence-corrected chi connectivity index (χ0v) is 18.4. The third kappa shape index (κ3) is 5.18. The van der Waals surface area contributed by atoms with Gasteiger partial charge in [0.1, 0.15) is 6.04 Å². The molecule has 0 saturated carbocycles. The first-order valence-corrected chi connectivity index (χ1v) is 11.0. The lowest BCUT2D eigenvalue weighted by Gasteiger charge is -2.22. The van der Waals surface area contributed by atoms with E-state index < -0.39 is 23.9 Å². The van der Waals surface area contributed by atoms with Crippen molar-refractivity contribution in [3.63, 3.8) is 0 Å². The summed E-state index contributed by atoms with van der Waals surface area (Å²) in [4.78, 5) is 36.9. The third-order valence-corrected chi connectivity index (χ3v) is 5.94. The van der Waals surface area contributed by atoms with Crippen molar-refractivity contribution in [3.05, 3.63) is 95.1 Å². The molecule has 1 amide bonds. The van der Waals surface area contributed by atoms with Gasteiger partial charge in [-0.15, -0.1) is 0 Å². The number of amides is 1. The molecule has 0 fully saturated rings. The smallest absolute Gasteiger partial charge is 0.345 e. The SMILES string of the molecule is C[C@H](N[C@@H](CCC(N)=O)C(=O)OC(=O)c1ccc2c(c1)Cc1ccccc1-2)c1ccccc1. The second-order valence-corrected chi connectivity index (χ2v) is 8.27. The summed E-state index contributed by atoms with van der Waals surface area (Å²) < 4.78 is 5.21. The maximum absolute atomic E-state index is 12.9. The maximum Gasteiger partial charge on any atom is 0.345 e. The Hall–Kier alpha value is -3.77. The largest absolute Gasteiger partial charge is 0.388 e. The topological polar surface area (TPSA) is 98.5 Å². The minimum atomic E-state index is -0.852. The zero-order valence-electron chi connectivity index (χ0n) is 18.4. The van der Waals surface area contributed by atoms with E-state index in [4.69, 9.17) is 10.5 Å². The number of ether oxygens (including phenoxy) is 1. The third-order valence-electron chi connectivity index (χ3n) is 5.94. The van der Waals surface area contributed by atoms with Gasteiger partial charge in [0, 0.05) is 12.5 Å². The van der Waals surface area contributed by atoms with E-state index in [1.165, 1.54) is 5.56 Å². The van der Waals surface area contributed by atoms with Crippen molar-refractivity contribution in [2.24, 2.45) is 5.73 Å². The molecule has 0 spiro atoms. The van der Waals surface area contributed by atoms with Crippen LogP contribution in [0.25, 0.3) is 11.1 Å². The molecule has 0 aromatic heterocycles. The Bertz CT molecular complexity index is 1190. The first-order valence-electron chi connectivity index (χ1n) is 11.0. The Morgan fingerprint density at radius 3 is 2.39 bits per heavy atom. The summed E-state index contributed by atoms with van der Waals surface area (Å²) in [7, 11) is 0. The number of nitrogens with one attached hydrogen (secondary N) is 1. The molecule has 168 valence electrons. The molecule has 3 aromatic carbocycles. The highest BCUT2D eigenvalue weighted by atomic mass is 16.6. The predicted octanol–water partition coefficient (Wildman–Crippen LogP) is 3.93. The van der Waals surface area contributed by atoms with Crippen LogP contribution in [0.4, 0.5) is 0 Å². The summed E-state index contributed by atoms with van der Waals surface area (Å²) in [5.74, 6) is -1.96. The van der Waals surface area contributed by atoms with E-state index in [1.54, 1.807) is 12.1 Å². The highest BCUT2D eigenvalue weighted by Gasteiger charge is 2.27. The summed E-state index contributed by atoms with van der Waals surface area (Å²) in [6.07, 6.45) is 0.871. The van der Waals surface area contributed by atoms with E-state index in [0.29, 0.717) is 5.56 Å².